The molecule has 0 saturated heterocycles. The molecule has 0 atom stereocenters. The van der Waals surface area contributed by atoms with Crippen LogP contribution in [0.4, 0.5) is 5.95 Å². The van der Waals surface area contributed by atoms with Crippen LogP contribution >= 0.6 is 11.8 Å². The lowest BCUT2D eigenvalue weighted by molar-refractivity contribution is 0.763. The van der Waals surface area contributed by atoms with Crippen molar-refractivity contribution in [3.8, 4) is 5.95 Å². The van der Waals surface area contributed by atoms with Gasteiger partial charge in [-0.1, -0.05) is 18.7 Å². The fraction of sp³-hybridized carbons (Fsp3) is 0.375. The molecular weight excluding hydrogens is 226 g/mol. The largest absolute Gasteiger partial charge is 0.368 e. The van der Waals surface area contributed by atoms with Crippen molar-refractivity contribution in [2.24, 2.45) is 0 Å². The normalized spacial score (nSPS) is 10.6. The van der Waals surface area contributed by atoms with Crippen molar-refractivity contribution >= 4 is 17.7 Å². The molecule has 7 nitrogen and oxygen atoms in total. The van der Waals surface area contributed by atoms with Gasteiger partial charge < -0.3 is 5.73 Å². The van der Waals surface area contributed by atoms with E-state index in [4.69, 9.17) is 5.73 Å². The van der Waals surface area contributed by atoms with Crippen molar-refractivity contribution in [1.29, 1.82) is 0 Å². The van der Waals surface area contributed by atoms with Gasteiger partial charge in [0.05, 0.1) is 0 Å². The maximum atomic E-state index is 5.60. The summed E-state index contributed by atoms with van der Waals surface area (Å²) in [6.45, 7) is 2.09. The van der Waals surface area contributed by atoms with E-state index in [2.05, 4.69) is 32.0 Å². The lowest BCUT2D eigenvalue weighted by atomic mass is 10.6. The van der Waals surface area contributed by atoms with Gasteiger partial charge in [-0.15, -0.1) is 0 Å². The molecule has 2 aromatic rings. The monoisotopic (exact) mass is 237 g/mol. The van der Waals surface area contributed by atoms with Crippen LogP contribution in [-0.4, -0.2) is 35.5 Å². The zero-order valence-corrected chi connectivity index (χ0v) is 9.55. The van der Waals surface area contributed by atoms with Crippen LogP contribution in [0.15, 0.2) is 17.8 Å². The molecule has 2 N–H and O–H groups in total. The summed E-state index contributed by atoms with van der Waals surface area (Å²) >= 11 is 1.54. The van der Waals surface area contributed by atoms with Gasteiger partial charge in [-0.05, 0) is 6.42 Å². The number of thioether (sulfide) groups is 1. The summed E-state index contributed by atoms with van der Waals surface area (Å²) < 4.78 is 1.45. The predicted octanol–water partition coefficient (Wildman–Crippen LogP) is 0.537. The molecule has 0 spiro atoms. The van der Waals surface area contributed by atoms with Crippen molar-refractivity contribution < 1.29 is 0 Å². The van der Waals surface area contributed by atoms with E-state index in [1.165, 1.54) is 17.3 Å². The van der Waals surface area contributed by atoms with E-state index in [9.17, 15) is 0 Å². The minimum atomic E-state index is 0.194. The molecular formula is C8H11N7S. The summed E-state index contributed by atoms with van der Waals surface area (Å²) in [6.07, 6.45) is 3.98. The van der Waals surface area contributed by atoms with Gasteiger partial charge in [0.1, 0.15) is 12.7 Å². The first-order valence-electron chi connectivity index (χ1n) is 4.79. The SMILES string of the molecule is CCCSc1nc(N)nc(-n2cncn2)n1. The Morgan fingerprint density at radius 3 is 2.94 bits per heavy atom. The van der Waals surface area contributed by atoms with Gasteiger partial charge in [0.25, 0.3) is 5.95 Å². The zero-order chi connectivity index (χ0) is 11.4. The van der Waals surface area contributed by atoms with Gasteiger partial charge in [0, 0.05) is 5.75 Å². The highest BCUT2D eigenvalue weighted by Crippen LogP contribution is 2.15. The second-order valence-electron chi connectivity index (χ2n) is 2.96. The van der Waals surface area contributed by atoms with Crippen LogP contribution in [0.5, 0.6) is 0 Å². The molecule has 0 radical (unpaired) electrons. The molecule has 0 fully saturated rings. The second kappa shape index (κ2) is 4.88. The Kier molecular flexibility index (Phi) is 3.30. The van der Waals surface area contributed by atoms with Gasteiger partial charge >= 0.3 is 0 Å². The maximum Gasteiger partial charge on any atom is 0.257 e. The van der Waals surface area contributed by atoms with Crippen LogP contribution in [0, 0.1) is 0 Å². The zero-order valence-electron chi connectivity index (χ0n) is 8.74. The topological polar surface area (TPSA) is 95.4 Å². The van der Waals surface area contributed by atoms with Crippen molar-refractivity contribution in [1.82, 2.24) is 29.7 Å². The van der Waals surface area contributed by atoms with Crippen LogP contribution in [0.1, 0.15) is 13.3 Å². The summed E-state index contributed by atoms with van der Waals surface area (Å²) in [4.78, 5) is 16.1. The maximum absolute atomic E-state index is 5.60. The summed E-state index contributed by atoms with van der Waals surface area (Å²) in [7, 11) is 0. The van der Waals surface area contributed by atoms with Crippen molar-refractivity contribution in [3.63, 3.8) is 0 Å². The van der Waals surface area contributed by atoms with Gasteiger partial charge in [0.15, 0.2) is 5.16 Å². The molecule has 16 heavy (non-hydrogen) atoms. The smallest absolute Gasteiger partial charge is 0.257 e. The number of aromatic nitrogens is 6. The molecule has 2 aromatic heterocycles. The Bertz CT molecular complexity index is 455. The molecule has 8 heteroatoms. The third-order valence-electron chi connectivity index (χ3n) is 1.68. The fourth-order valence-electron chi connectivity index (χ4n) is 1.03. The van der Waals surface area contributed by atoms with E-state index < -0.39 is 0 Å². The molecule has 0 aromatic carbocycles. The molecule has 0 aliphatic carbocycles. The number of rotatable bonds is 4. The van der Waals surface area contributed by atoms with Crippen LogP contribution in [0.2, 0.25) is 0 Å². The quantitative estimate of drug-likeness (QED) is 0.775. The highest BCUT2D eigenvalue weighted by molar-refractivity contribution is 7.99. The molecule has 0 unspecified atom stereocenters. The first-order valence-corrected chi connectivity index (χ1v) is 5.77. The van der Waals surface area contributed by atoms with Crippen molar-refractivity contribution in [2.45, 2.75) is 18.5 Å². The van der Waals surface area contributed by atoms with Gasteiger partial charge in [-0.2, -0.15) is 24.7 Å². The van der Waals surface area contributed by atoms with Crippen LogP contribution in [0.3, 0.4) is 0 Å². The summed E-state index contributed by atoms with van der Waals surface area (Å²) in [5.41, 5.74) is 5.60. The van der Waals surface area contributed by atoms with E-state index in [1.54, 1.807) is 11.8 Å². The number of nitrogens with two attached hydrogens (primary N) is 1. The third-order valence-corrected chi connectivity index (χ3v) is 2.73. The van der Waals surface area contributed by atoms with Crippen molar-refractivity contribution in [2.75, 3.05) is 11.5 Å². The van der Waals surface area contributed by atoms with Crippen LogP contribution < -0.4 is 5.73 Å². The Hall–Kier alpha value is -1.70. The molecule has 0 bridgehead atoms. The fourth-order valence-corrected chi connectivity index (χ4v) is 1.72. The van der Waals surface area contributed by atoms with E-state index in [1.807, 2.05) is 0 Å². The Balaban J connectivity index is 2.29. The minimum Gasteiger partial charge on any atom is -0.368 e. The Morgan fingerprint density at radius 1 is 1.38 bits per heavy atom. The van der Waals surface area contributed by atoms with E-state index >= 15 is 0 Å². The lowest BCUT2D eigenvalue weighted by Crippen LogP contribution is -2.07. The average Bonchev–Trinajstić information content (AvgIpc) is 2.79. The third kappa shape index (κ3) is 2.45. The molecule has 0 amide bonds. The number of nitrogen functional groups attached to an aromatic ring is 1. The summed E-state index contributed by atoms with van der Waals surface area (Å²) in [5, 5.41) is 4.55. The molecule has 84 valence electrons. The number of hydrogen-bond donors (Lipinski definition) is 1. The minimum absolute atomic E-state index is 0.194. The summed E-state index contributed by atoms with van der Waals surface area (Å²) in [5.74, 6) is 1.53. The average molecular weight is 237 g/mol. The Labute approximate surface area is 96.5 Å². The van der Waals surface area contributed by atoms with E-state index in [0.717, 1.165) is 12.2 Å². The number of anilines is 1. The molecule has 2 heterocycles. The van der Waals surface area contributed by atoms with E-state index in [0.29, 0.717) is 11.1 Å². The number of hydrogen-bond acceptors (Lipinski definition) is 7. The lowest BCUT2D eigenvalue weighted by Gasteiger charge is -2.02. The first kappa shape index (κ1) is 10.8. The van der Waals surface area contributed by atoms with Gasteiger partial charge in [0.2, 0.25) is 5.95 Å². The van der Waals surface area contributed by atoms with E-state index in [-0.39, 0.29) is 5.95 Å². The first-order chi connectivity index (χ1) is 7.79. The van der Waals surface area contributed by atoms with Gasteiger partial charge in [-0.3, -0.25) is 0 Å². The van der Waals surface area contributed by atoms with Crippen LogP contribution in [0.25, 0.3) is 5.95 Å². The number of nitrogens with zero attached hydrogens (tertiary/aromatic N) is 6. The highest BCUT2D eigenvalue weighted by Gasteiger charge is 2.06. The molecule has 2 rings (SSSR count). The highest BCUT2D eigenvalue weighted by atomic mass is 32.2. The van der Waals surface area contributed by atoms with Gasteiger partial charge in [-0.25, -0.2) is 4.98 Å². The standard InChI is InChI=1S/C8H11N7S/c1-2-3-16-8-13-6(9)12-7(14-8)15-5-10-4-11-15/h4-5H,2-3H2,1H3,(H2,9,12,13,14). The predicted molar refractivity (Wildman–Crippen MR) is 60.2 cm³/mol. The Morgan fingerprint density at radius 2 is 2.25 bits per heavy atom. The summed E-state index contributed by atoms with van der Waals surface area (Å²) in [6, 6.07) is 0. The molecule has 0 saturated carbocycles. The second-order valence-corrected chi connectivity index (χ2v) is 4.03. The van der Waals surface area contributed by atoms with Crippen molar-refractivity contribution in [3.05, 3.63) is 12.7 Å². The molecule has 0 aliphatic heterocycles. The van der Waals surface area contributed by atoms with Crippen LogP contribution in [-0.2, 0) is 0 Å². The molecule has 0 aliphatic rings.